The summed E-state index contributed by atoms with van der Waals surface area (Å²) < 4.78 is 14.7. The molecule has 2 aromatic rings. The number of carbonyl (C=O) groups excluding carboxylic acids is 1. The minimum absolute atomic E-state index is 0.0444. The fourth-order valence-electron chi connectivity index (χ4n) is 2.75. The molecule has 116 valence electrons. The Labute approximate surface area is 128 Å². The third-order valence-corrected chi connectivity index (χ3v) is 3.84. The SMILES string of the molecule is Cn1nccc1N1CCC[C@@H](NC(=O)c2ccc(F)cn2)C1. The molecule has 0 bridgehead atoms. The van der Waals surface area contributed by atoms with Crippen LogP contribution in [0.5, 0.6) is 0 Å². The summed E-state index contributed by atoms with van der Waals surface area (Å²) in [7, 11) is 1.90. The van der Waals surface area contributed by atoms with Gasteiger partial charge in [-0.2, -0.15) is 5.10 Å². The van der Waals surface area contributed by atoms with Gasteiger partial charge in [0.2, 0.25) is 0 Å². The molecule has 6 nitrogen and oxygen atoms in total. The lowest BCUT2D eigenvalue weighted by Crippen LogP contribution is -2.48. The van der Waals surface area contributed by atoms with Gasteiger partial charge in [0.15, 0.2) is 0 Å². The van der Waals surface area contributed by atoms with Crippen LogP contribution < -0.4 is 10.2 Å². The van der Waals surface area contributed by atoms with Crippen molar-refractivity contribution < 1.29 is 9.18 Å². The van der Waals surface area contributed by atoms with Gasteiger partial charge in [0.25, 0.3) is 5.91 Å². The molecule has 2 aromatic heterocycles. The fourth-order valence-corrected chi connectivity index (χ4v) is 2.75. The normalized spacial score (nSPS) is 18.3. The van der Waals surface area contributed by atoms with E-state index in [9.17, 15) is 9.18 Å². The number of aryl methyl sites for hydroxylation is 1. The maximum atomic E-state index is 12.8. The van der Waals surface area contributed by atoms with E-state index in [2.05, 4.69) is 20.3 Å². The smallest absolute Gasteiger partial charge is 0.270 e. The molecule has 0 unspecified atom stereocenters. The third kappa shape index (κ3) is 3.08. The summed E-state index contributed by atoms with van der Waals surface area (Å²) in [5.41, 5.74) is 0.235. The molecule has 1 atom stereocenters. The molecule has 0 saturated carbocycles. The Morgan fingerprint density at radius 2 is 2.27 bits per heavy atom. The van der Waals surface area contributed by atoms with Gasteiger partial charge in [0.1, 0.15) is 17.3 Å². The first-order valence-corrected chi connectivity index (χ1v) is 7.29. The van der Waals surface area contributed by atoms with E-state index in [0.29, 0.717) is 0 Å². The number of hydrogen-bond acceptors (Lipinski definition) is 4. The minimum atomic E-state index is -0.448. The number of nitrogens with zero attached hydrogens (tertiary/aromatic N) is 4. The van der Waals surface area contributed by atoms with Crippen LogP contribution in [0.25, 0.3) is 0 Å². The number of amides is 1. The monoisotopic (exact) mass is 303 g/mol. The Kier molecular flexibility index (Phi) is 4.04. The second-order valence-corrected chi connectivity index (χ2v) is 5.43. The quantitative estimate of drug-likeness (QED) is 0.930. The van der Waals surface area contributed by atoms with Crippen LogP contribution in [-0.4, -0.2) is 39.8 Å². The minimum Gasteiger partial charge on any atom is -0.355 e. The molecule has 1 aliphatic heterocycles. The maximum Gasteiger partial charge on any atom is 0.270 e. The fraction of sp³-hybridized carbons (Fsp3) is 0.400. The number of rotatable bonds is 3. The van der Waals surface area contributed by atoms with Crippen LogP contribution >= 0.6 is 0 Å². The van der Waals surface area contributed by atoms with Crippen LogP contribution in [0.15, 0.2) is 30.6 Å². The van der Waals surface area contributed by atoms with Crippen LogP contribution in [0.3, 0.4) is 0 Å². The van der Waals surface area contributed by atoms with Crippen LogP contribution in [0.1, 0.15) is 23.3 Å². The summed E-state index contributed by atoms with van der Waals surface area (Å²) in [5.74, 6) is 0.326. The van der Waals surface area contributed by atoms with Crippen molar-refractivity contribution in [3.05, 3.63) is 42.1 Å². The van der Waals surface area contributed by atoms with Crippen molar-refractivity contribution in [2.45, 2.75) is 18.9 Å². The average Bonchev–Trinajstić information content (AvgIpc) is 2.94. The molecule has 0 radical (unpaired) electrons. The Balaban J connectivity index is 1.64. The summed E-state index contributed by atoms with van der Waals surface area (Å²) >= 11 is 0. The van der Waals surface area contributed by atoms with Gasteiger partial charge >= 0.3 is 0 Å². The Hall–Kier alpha value is -2.44. The highest BCUT2D eigenvalue weighted by atomic mass is 19.1. The van der Waals surface area contributed by atoms with Crippen molar-refractivity contribution in [3.8, 4) is 0 Å². The predicted molar refractivity (Wildman–Crippen MR) is 80.1 cm³/mol. The number of hydrogen-bond donors (Lipinski definition) is 1. The highest BCUT2D eigenvalue weighted by Gasteiger charge is 2.23. The van der Waals surface area contributed by atoms with Gasteiger partial charge in [-0.15, -0.1) is 0 Å². The van der Waals surface area contributed by atoms with Crippen molar-refractivity contribution in [1.82, 2.24) is 20.1 Å². The van der Waals surface area contributed by atoms with Crippen LogP contribution in [0, 0.1) is 5.82 Å². The first-order valence-electron chi connectivity index (χ1n) is 7.29. The van der Waals surface area contributed by atoms with E-state index in [1.165, 1.54) is 12.1 Å². The van der Waals surface area contributed by atoms with Crippen LogP contribution in [0.4, 0.5) is 10.2 Å². The maximum absolute atomic E-state index is 12.8. The zero-order chi connectivity index (χ0) is 15.5. The lowest BCUT2D eigenvalue weighted by molar-refractivity contribution is 0.0928. The van der Waals surface area contributed by atoms with Crippen molar-refractivity contribution in [1.29, 1.82) is 0 Å². The molecule has 0 aromatic carbocycles. The van der Waals surface area contributed by atoms with E-state index in [1.807, 2.05) is 17.8 Å². The molecule has 0 spiro atoms. The van der Waals surface area contributed by atoms with E-state index in [-0.39, 0.29) is 17.6 Å². The number of halogens is 1. The Bertz CT molecular complexity index is 654. The van der Waals surface area contributed by atoms with E-state index >= 15 is 0 Å². The molecule has 3 rings (SSSR count). The second kappa shape index (κ2) is 6.13. The zero-order valence-electron chi connectivity index (χ0n) is 12.4. The molecule has 1 amide bonds. The van der Waals surface area contributed by atoms with Gasteiger partial charge in [-0.05, 0) is 25.0 Å². The lowest BCUT2D eigenvalue weighted by Gasteiger charge is -2.34. The lowest BCUT2D eigenvalue weighted by atomic mass is 10.1. The van der Waals surface area contributed by atoms with Crippen molar-refractivity contribution in [2.75, 3.05) is 18.0 Å². The molecule has 1 aliphatic rings. The van der Waals surface area contributed by atoms with Crippen LogP contribution in [-0.2, 0) is 7.05 Å². The molecule has 0 aliphatic carbocycles. The van der Waals surface area contributed by atoms with Crippen molar-refractivity contribution in [3.63, 3.8) is 0 Å². The summed E-state index contributed by atoms with van der Waals surface area (Å²) in [4.78, 5) is 18.2. The van der Waals surface area contributed by atoms with E-state index in [1.54, 1.807) is 6.20 Å². The Morgan fingerprint density at radius 1 is 1.41 bits per heavy atom. The third-order valence-electron chi connectivity index (χ3n) is 3.84. The first kappa shape index (κ1) is 14.5. The number of anilines is 1. The predicted octanol–water partition coefficient (Wildman–Crippen LogP) is 1.35. The largest absolute Gasteiger partial charge is 0.355 e. The standard InChI is InChI=1S/C15H18FN5O/c1-20-14(6-7-18-20)21-8-2-3-12(10-21)19-15(22)13-5-4-11(16)9-17-13/h4-7,9,12H,2-3,8,10H2,1H3,(H,19,22)/t12-/m1/s1. The van der Waals surface area contributed by atoms with Gasteiger partial charge in [0, 0.05) is 32.2 Å². The number of piperidine rings is 1. The van der Waals surface area contributed by atoms with Crippen molar-refractivity contribution in [2.24, 2.45) is 7.05 Å². The van der Waals surface area contributed by atoms with Crippen molar-refractivity contribution >= 4 is 11.7 Å². The van der Waals surface area contributed by atoms with E-state index in [0.717, 1.165) is 37.9 Å². The van der Waals surface area contributed by atoms with Gasteiger partial charge in [-0.3, -0.25) is 9.48 Å². The number of aromatic nitrogens is 3. The molecule has 1 saturated heterocycles. The van der Waals surface area contributed by atoms with Gasteiger partial charge in [-0.25, -0.2) is 9.37 Å². The summed E-state index contributed by atoms with van der Waals surface area (Å²) in [6.45, 7) is 1.67. The highest BCUT2D eigenvalue weighted by molar-refractivity contribution is 5.92. The number of pyridine rings is 1. The summed E-state index contributed by atoms with van der Waals surface area (Å²) in [6.07, 6.45) is 4.73. The molecule has 1 N–H and O–H groups in total. The highest BCUT2D eigenvalue weighted by Crippen LogP contribution is 2.19. The molecular weight excluding hydrogens is 285 g/mol. The summed E-state index contributed by atoms with van der Waals surface area (Å²) in [5, 5.41) is 7.15. The first-order chi connectivity index (χ1) is 10.6. The molecular formula is C15H18FN5O. The topological polar surface area (TPSA) is 63.1 Å². The molecule has 3 heterocycles. The average molecular weight is 303 g/mol. The second-order valence-electron chi connectivity index (χ2n) is 5.43. The molecule has 22 heavy (non-hydrogen) atoms. The molecule has 7 heteroatoms. The summed E-state index contributed by atoms with van der Waals surface area (Å²) in [6, 6.07) is 4.64. The van der Waals surface area contributed by atoms with Gasteiger partial charge in [0.05, 0.1) is 12.4 Å². The van der Waals surface area contributed by atoms with Crippen LogP contribution in [0.2, 0.25) is 0 Å². The van der Waals surface area contributed by atoms with E-state index in [4.69, 9.17) is 0 Å². The molecule has 1 fully saturated rings. The van der Waals surface area contributed by atoms with Gasteiger partial charge < -0.3 is 10.2 Å². The number of carbonyl (C=O) groups is 1. The number of nitrogens with one attached hydrogen (secondary N) is 1. The zero-order valence-corrected chi connectivity index (χ0v) is 12.4. The Morgan fingerprint density at radius 3 is 2.95 bits per heavy atom. The van der Waals surface area contributed by atoms with E-state index < -0.39 is 5.82 Å². The van der Waals surface area contributed by atoms with Gasteiger partial charge in [-0.1, -0.05) is 0 Å².